The summed E-state index contributed by atoms with van der Waals surface area (Å²) in [6.07, 6.45) is 12.4. The number of fused-ring (bicyclic) bond motifs is 1. The predicted molar refractivity (Wildman–Crippen MR) is 119 cm³/mol. The topological polar surface area (TPSA) is 95.3 Å². The Morgan fingerprint density at radius 1 is 1.39 bits per heavy atom. The van der Waals surface area contributed by atoms with E-state index in [9.17, 15) is 14.9 Å². The van der Waals surface area contributed by atoms with Crippen molar-refractivity contribution < 1.29 is 14.3 Å². The fourth-order valence-corrected chi connectivity index (χ4v) is 5.03. The zero-order valence-corrected chi connectivity index (χ0v) is 17.7. The third kappa shape index (κ3) is 5.01. The molecular formula is C23H22N4O3S. The van der Waals surface area contributed by atoms with E-state index in [0.717, 1.165) is 35.3 Å². The van der Waals surface area contributed by atoms with E-state index in [1.165, 1.54) is 17.4 Å². The minimum Gasteiger partial charge on any atom is -0.449 e. The van der Waals surface area contributed by atoms with Gasteiger partial charge in [-0.15, -0.1) is 11.3 Å². The van der Waals surface area contributed by atoms with E-state index in [0.29, 0.717) is 30.3 Å². The lowest BCUT2D eigenvalue weighted by Gasteiger charge is -2.23. The number of pyridine rings is 1. The van der Waals surface area contributed by atoms with Crippen molar-refractivity contribution in [1.29, 1.82) is 5.26 Å². The first-order valence-electron chi connectivity index (χ1n) is 10.1. The molecule has 1 N–H and O–H groups in total. The summed E-state index contributed by atoms with van der Waals surface area (Å²) in [5.74, 6) is -0.0742. The Bertz CT molecular complexity index is 1060. The summed E-state index contributed by atoms with van der Waals surface area (Å²) in [5.41, 5.74) is 2.37. The Balaban J connectivity index is 1.37. The van der Waals surface area contributed by atoms with Crippen LogP contribution in [0.25, 0.3) is 6.08 Å². The van der Waals surface area contributed by atoms with Gasteiger partial charge in [0.1, 0.15) is 11.1 Å². The highest BCUT2D eigenvalue weighted by Crippen LogP contribution is 2.39. The molecule has 2 amide bonds. The van der Waals surface area contributed by atoms with Gasteiger partial charge < -0.3 is 15.0 Å². The monoisotopic (exact) mass is 434 g/mol. The highest BCUT2D eigenvalue weighted by atomic mass is 32.1. The number of nitriles is 1. The Labute approximate surface area is 184 Å². The average molecular weight is 435 g/mol. The Morgan fingerprint density at radius 3 is 2.97 bits per heavy atom. The molecule has 2 aliphatic rings. The van der Waals surface area contributed by atoms with E-state index in [4.69, 9.17) is 4.74 Å². The summed E-state index contributed by atoms with van der Waals surface area (Å²) in [7, 11) is 0. The van der Waals surface area contributed by atoms with Crippen LogP contribution in [-0.4, -0.2) is 41.6 Å². The van der Waals surface area contributed by atoms with Crippen molar-refractivity contribution in [3.05, 3.63) is 64.3 Å². The van der Waals surface area contributed by atoms with Gasteiger partial charge in [-0.1, -0.05) is 18.2 Å². The fraction of sp³-hybridized carbons (Fsp3) is 0.304. The van der Waals surface area contributed by atoms with Gasteiger partial charge in [0.05, 0.1) is 12.2 Å². The second-order valence-corrected chi connectivity index (χ2v) is 8.60. The number of nitrogens with one attached hydrogen (secondary N) is 1. The van der Waals surface area contributed by atoms with Crippen molar-refractivity contribution in [1.82, 2.24) is 9.88 Å². The molecule has 2 aromatic rings. The third-order valence-corrected chi connectivity index (χ3v) is 6.52. The van der Waals surface area contributed by atoms with E-state index in [1.807, 2.05) is 18.2 Å². The summed E-state index contributed by atoms with van der Waals surface area (Å²) >= 11 is 1.44. The van der Waals surface area contributed by atoms with E-state index in [1.54, 1.807) is 29.4 Å². The number of rotatable bonds is 5. The van der Waals surface area contributed by atoms with Crippen LogP contribution < -0.4 is 5.32 Å². The normalized spacial score (nSPS) is 17.4. The molecule has 1 atom stereocenters. The van der Waals surface area contributed by atoms with Crippen LogP contribution in [-0.2, 0) is 22.4 Å². The van der Waals surface area contributed by atoms with Gasteiger partial charge >= 0.3 is 6.09 Å². The van der Waals surface area contributed by atoms with Crippen LogP contribution in [0.4, 0.5) is 9.80 Å². The standard InChI is InChI=1S/C23H22N4O3S/c24-13-19-18-7-5-17(15-30-23(29)27-10-1-2-11-27)12-20(18)31-22(19)26-21(28)8-6-16-4-3-9-25-14-16/h1-4,6,8-9,14,17H,5,7,10-12,15H2,(H,26,28)/b8-6+. The van der Waals surface area contributed by atoms with Crippen LogP contribution in [0.3, 0.4) is 0 Å². The molecule has 2 aromatic heterocycles. The number of aromatic nitrogens is 1. The fourth-order valence-electron chi connectivity index (χ4n) is 3.71. The molecule has 1 unspecified atom stereocenters. The minimum absolute atomic E-state index is 0.214. The molecule has 0 bridgehead atoms. The van der Waals surface area contributed by atoms with E-state index < -0.39 is 0 Å². The van der Waals surface area contributed by atoms with Gasteiger partial charge in [-0.3, -0.25) is 9.78 Å². The Morgan fingerprint density at radius 2 is 2.23 bits per heavy atom. The van der Waals surface area contributed by atoms with Crippen LogP contribution >= 0.6 is 11.3 Å². The van der Waals surface area contributed by atoms with Crippen molar-refractivity contribution in [2.24, 2.45) is 5.92 Å². The van der Waals surface area contributed by atoms with Gasteiger partial charge in [0.2, 0.25) is 5.91 Å². The Hall–Kier alpha value is -3.44. The van der Waals surface area contributed by atoms with Crippen LogP contribution in [0.15, 0.2) is 42.8 Å². The first kappa shape index (κ1) is 20.8. The molecule has 0 fully saturated rings. The molecule has 0 radical (unpaired) electrons. The van der Waals surface area contributed by atoms with Crippen molar-refractivity contribution in [2.75, 3.05) is 25.0 Å². The SMILES string of the molecule is N#Cc1c(NC(=O)/C=C/c2cccnc2)sc2c1CCC(COC(=O)N1CC=CC1)C2. The number of carbonyl (C=O) groups is 2. The first-order valence-corrected chi connectivity index (χ1v) is 11.0. The summed E-state index contributed by atoms with van der Waals surface area (Å²) in [6.45, 7) is 1.56. The number of hydrogen-bond donors (Lipinski definition) is 1. The van der Waals surface area contributed by atoms with Crippen molar-refractivity contribution in [3.63, 3.8) is 0 Å². The summed E-state index contributed by atoms with van der Waals surface area (Å²) in [4.78, 5) is 31.2. The van der Waals surface area contributed by atoms with E-state index in [-0.39, 0.29) is 17.9 Å². The van der Waals surface area contributed by atoms with Crippen LogP contribution in [0.1, 0.15) is 28.0 Å². The Kier molecular flexibility index (Phi) is 6.43. The maximum absolute atomic E-state index is 12.3. The van der Waals surface area contributed by atoms with E-state index >= 15 is 0 Å². The molecule has 0 saturated carbocycles. The number of hydrogen-bond acceptors (Lipinski definition) is 6. The molecule has 3 heterocycles. The summed E-state index contributed by atoms with van der Waals surface area (Å²) in [6, 6.07) is 5.90. The predicted octanol–water partition coefficient (Wildman–Crippen LogP) is 3.78. The maximum Gasteiger partial charge on any atom is 0.410 e. The second-order valence-electron chi connectivity index (χ2n) is 7.49. The minimum atomic E-state index is -0.288. The van der Waals surface area contributed by atoms with Gasteiger partial charge in [-0.05, 0) is 48.4 Å². The molecule has 0 saturated heterocycles. The van der Waals surface area contributed by atoms with Gasteiger partial charge in [0.25, 0.3) is 0 Å². The molecule has 4 rings (SSSR count). The van der Waals surface area contributed by atoms with Crippen LogP contribution in [0.2, 0.25) is 0 Å². The molecule has 8 heteroatoms. The van der Waals surface area contributed by atoms with Gasteiger partial charge in [0, 0.05) is 36.4 Å². The van der Waals surface area contributed by atoms with Crippen molar-refractivity contribution in [2.45, 2.75) is 19.3 Å². The summed E-state index contributed by atoms with van der Waals surface area (Å²) < 4.78 is 5.49. The number of amides is 2. The molecule has 1 aliphatic carbocycles. The number of carbonyl (C=O) groups excluding carboxylic acids is 2. The lowest BCUT2D eigenvalue weighted by Crippen LogP contribution is -2.31. The first-order chi connectivity index (χ1) is 15.1. The zero-order valence-electron chi connectivity index (χ0n) is 16.9. The van der Waals surface area contributed by atoms with Gasteiger partial charge in [-0.2, -0.15) is 5.26 Å². The summed E-state index contributed by atoms with van der Waals surface area (Å²) in [5, 5.41) is 13.1. The maximum atomic E-state index is 12.3. The molecule has 0 spiro atoms. The van der Waals surface area contributed by atoms with Crippen LogP contribution in [0.5, 0.6) is 0 Å². The molecule has 7 nitrogen and oxygen atoms in total. The van der Waals surface area contributed by atoms with Gasteiger partial charge in [-0.25, -0.2) is 4.79 Å². The number of anilines is 1. The average Bonchev–Trinajstić information content (AvgIpc) is 3.44. The van der Waals surface area contributed by atoms with Crippen molar-refractivity contribution in [3.8, 4) is 6.07 Å². The highest BCUT2D eigenvalue weighted by Gasteiger charge is 2.27. The highest BCUT2D eigenvalue weighted by molar-refractivity contribution is 7.16. The molecular weight excluding hydrogens is 412 g/mol. The lowest BCUT2D eigenvalue weighted by atomic mass is 9.88. The molecule has 31 heavy (non-hydrogen) atoms. The van der Waals surface area contributed by atoms with E-state index in [2.05, 4.69) is 16.4 Å². The quantitative estimate of drug-likeness (QED) is 0.571. The molecule has 0 aromatic carbocycles. The number of thiophene rings is 1. The zero-order chi connectivity index (χ0) is 21.6. The third-order valence-electron chi connectivity index (χ3n) is 5.35. The van der Waals surface area contributed by atoms with Crippen LogP contribution in [0, 0.1) is 17.2 Å². The number of nitrogens with zero attached hydrogens (tertiary/aromatic N) is 3. The molecule has 158 valence electrons. The van der Waals surface area contributed by atoms with Gasteiger partial charge in [0.15, 0.2) is 0 Å². The second kappa shape index (κ2) is 9.58. The smallest absolute Gasteiger partial charge is 0.410 e. The molecule has 1 aliphatic heterocycles. The number of ether oxygens (including phenoxy) is 1. The lowest BCUT2D eigenvalue weighted by molar-refractivity contribution is -0.111. The van der Waals surface area contributed by atoms with Crippen molar-refractivity contribution >= 4 is 34.4 Å². The largest absolute Gasteiger partial charge is 0.449 e.